The van der Waals surface area contributed by atoms with Gasteiger partial charge in [-0.1, -0.05) is 11.3 Å². The van der Waals surface area contributed by atoms with Crippen molar-refractivity contribution in [3.05, 3.63) is 44.9 Å². The molecule has 0 radical (unpaired) electrons. The van der Waals surface area contributed by atoms with Gasteiger partial charge in [-0.3, -0.25) is 14.5 Å². The number of nitrogens with zero attached hydrogens (tertiary/aromatic N) is 2. The minimum Gasteiger partial charge on any atom is -0.468 e. The molecule has 130 valence electrons. The van der Waals surface area contributed by atoms with Crippen molar-refractivity contribution in [1.82, 2.24) is 14.8 Å². The van der Waals surface area contributed by atoms with E-state index in [1.807, 2.05) is 24.4 Å². The van der Waals surface area contributed by atoms with E-state index >= 15 is 0 Å². The Balaban J connectivity index is 1.54. The Morgan fingerprint density at radius 3 is 2.83 bits per heavy atom. The largest absolute Gasteiger partial charge is 0.468 e. The monoisotopic (exact) mass is 349 g/mol. The molecule has 1 amide bonds. The second kappa shape index (κ2) is 7.81. The Hall–Kier alpha value is -1.86. The van der Waals surface area contributed by atoms with Crippen molar-refractivity contribution < 1.29 is 9.21 Å². The molecule has 2 aromatic rings. The van der Waals surface area contributed by atoms with Crippen LogP contribution in [0.1, 0.15) is 36.8 Å². The van der Waals surface area contributed by atoms with Crippen molar-refractivity contribution in [1.29, 1.82) is 0 Å². The van der Waals surface area contributed by atoms with Crippen molar-refractivity contribution >= 4 is 17.2 Å². The van der Waals surface area contributed by atoms with Crippen LogP contribution in [0, 0.1) is 6.92 Å². The highest BCUT2D eigenvalue weighted by molar-refractivity contribution is 7.07. The van der Waals surface area contributed by atoms with Gasteiger partial charge in [-0.05, 0) is 45.0 Å². The maximum absolute atomic E-state index is 12.2. The Morgan fingerprint density at radius 2 is 2.21 bits per heavy atom. The fraction of sp³-hybridized carbons (Fsp3) is 0.529. The second-order valence-electron chi connectivity index (χ2n) is 6.12. The van der Waals surface area contributed by atoms with Gasteiger partial charge in [-0.25, -0.2) is 0 Å². The van der Waals surface area contributed by atoms with Gasteiger partial charge >= 0.3 is 4.87 Å². The fourth-order valence-electron chi connectivity index (χ4n) is 3.13. The normalized spacial score (nSPS) is 16.4. The molecule has 3 heterocycles. The van der Waals surface area contributed by atoms with E-state index in [1.54, 1.807) is 10.8 Å². The zero-order valence-corrected chi connectivity index (χ0v) is 14.7. The van der Waals surface area contributed by atoms with Crippen LogP contribution in [0.5, 0.6) is 0 Å². The van der Waals surface area contributed by atoms with Gasteiger partial charge in [0.15, 0.2) is 0 Å². The highest BCUT2D eigenvalue weighted by atomic mass is 32.1. The Bertz CT molecular complexity index is 714. The SMILES string of the molecule is Cc1csc(=O)n1CCC(=O)NCC(c1ccco1)N1CCCC1. The molecule has 7 heteroatoms. The van der Waals surface area contributed by atoms with Crippen LogP contribution in [0.2, 0.25) is 0 Å². The number of hydrogen-bond acceptors (Lipinski definition) is 5. The first kappa shape index (κ1) is 17.0. The number of aryl methyl sites for hydroxylation is 1. The van der Waals surface area contributed by atoms with Crippen molar-refractivity contribution in [2.24, 2.45) is 0 Å². The Kier molecular flexibility index (Phi) is 5.52. The lowest BCUT2D eigenvalue weighted by Gasteiger charge is -2.26. The van der Waals surface area contributed by atoms with Gasteiger partial charge in [0.1, 0.15) is 5.76 Å². The number of likely N-dealkylation sites (tertiary alicyclic amines) is 1. The first-order chi connectivity index (χ1) is 11.6. The summed E-state index contributed by atoms with van der Waals surface area (Å²) in [5.74, 6) is 0.852. The highest BCUT2D eigenvalue weighted by Gasteiger charge is 2.25. The fourth-order valence-corrected chi connectivity index (χ4v) is 3.89. The van der Waals surface area contributed by atoms with Crippen LogP contribution in [-0.4, -0.2) is 35.0 Å². The van der Waals surface area contributed by atoms with Crippen molar-refractivity contribution in [2.45, 2.75) is 38.8 Å². The molecule has 6 nitrogen and oxygen atoms in total. The molecule has 1 aliphatic heterocycles. The molecule has 1 atom stereocenters. The lowest BCUT2D eigenvalue weighted by molar-refractivity contribution is -0.121. The molecule has 1 N–H and O–H groups in total. The number of amides is 1. The van der Waals surface area contributed by atoms with Gasteiger partial charge in [0, 0.05) is 30.6 Å². The number of nitrogens with one attached hydrogen (secondary N) is 1. The van der Waals surface area contributed by atoms with Gasteiger partial charge < -0.3 is 14.3 Å². The summed E-state index contributed by atoms with van der Waals surface area (Å²) in [7, 11) is 0. The molecule has 3 rings (SSSR count). The first-order valence-electron chi connectivity index (χ1n) is 8.34. The molecule has 1 fully saturated rings. The lowest BCUT2D eigenvalue weighted by atomic mass is 10.2. The third-order valence-corrected chi connectivity index (χ3v) is 5.37. The molecule has 1 saturated heterocycles. The minimum atomic E-state index is -0.0387. The molecule has 2 aromatic heterocycles. The number of furan rings is 1. The smallest absolute Gasteiger partial charge is 0.307 e. The van der Waals surface area contributed by atoms with Gasteiger partial charge in [0.05, 0.1) is 12.3 Å². The highest BCUT2D eigenvalue weighted by Crippen LogP contribution is 2.24. The molecule has 0 aliphatic carbocycles. The maximum Gasteiger partial charge on any atom is 0.307 e. The van der Waals surface area contributed by atoms with Gasteiger partial charge in [-0.2, -0.15) is 0 Å². The molecular formula is C17H23N3O3S. The van der Waals surface area contributed by atoms with Crippen LogP contribution >= 0.6 is 11.3 Å². The summed E-state index contributed by atoms with van der Waals surface area (Å²) in [5, 5.41) is 4.82. The number of carbonyl (C=O) groups is 1. The van der Waals surface area contributed by atoms with Crippen molar-refractivity contribution in [3.63, 3.8) is 0 Å². The maximum atomic E-state index is 12.2. The van der Waals surface area contributed by atoms with Crippen molar-refractivity contribution in [3.8, 4) is 0 Å². The third-order valence-electron chi connectivity index (χ3n) is 4.48. The summed E-state index contributed by atoms with van der Waals surface area (Å²) < 4.78 is 7.20. The molecular weight excluding hydrogens is 326 g/mol. The van der Waals surface area contributed by atoms with E-state index in [-0.39, 0.29) is 16.8 Å². The summed E-state index contributed by atoms with van der Waals surface area (Å²) in [6, 6.07) is 3.92. The third kappa shape index (κ3) is 3.96. The van der Waals surface area contributed by atoms with Crippen LogP contribution < -0.4 is 10.2 Å². The second-order valence-corrected chi connectivity index (χ2v) is 6.94. The number of carbonyl (C=O) groups excluding carboxylic acids is 1. The van der Waals surface area contributed by atoms with Crippen molar-refractivity contribution in [2.75, 3.05) is 19.6 Å². The minimum absolute atomic E-state index is 0.00849. The average molecular weight is 349 g/mol. The number of rotatable bonds is 7. The number of hydrogen-bond donors (Lipinski definition) is 1. The Labute approximate surface area is 145 Å². The first-order valence-corrected chi connectivity index (χ1v) is 9.22. The van der Waals surface area contributed by atoms with Crippen LogP contribution in [0.3, 0.4) is 0 Å². The molecule has 24 heavy (non-hydrogen) atoms. The molecule has 1 unspecified atom stereocenters. The summed E-state index contributed by atoms with van der Waals surface area (Å²) in [5.41, 5.74) is 0.906. The van der Waals surface area contributed by atoms with Gasteiger partial charge in [0.25, 0.3) is 0 Å². The van der Waals surface area contributed by atoms with Gasteiger partial charge in [-0.15, -0.1) is 0 Å². The van der Waals surface area contributed by atoms with E-state index < -0.39 is 0 Å². The Morgan fingerprint density at radius 1 is 1.42 bits per heavy atom. The van der Waals surface area contributed by atoms with Crippen LogP contribution in [0.4, 0.5) is 0 Å². The molecule has 0 aromatic carbocycles. The molecule has 0 spiro atoms. The van der Waals surface area contributed by atoms with Crippen LogP contribution in [0.25, 0.3) is 0 Å². The molecule has 0 bridgehead atoms. The topological polar surface area (TPSA) is 67.5 Å². The number of thiazole rings is 1. The average Bonchev–Trinajstić information content (AvgIpc) is 3.31. The van der Waals surface area contributed by atoms with E-state index in [2.05, 4.69) is 10.2 Å². The lowest BCUT2D eigenvalue weighted by Crippen LogP contribution is -2.37. The zero-order chi connectivity index (χ0) is 16.9. The quantitative estimate of drug-likeness (QED) is 0.832. The zero-order valence-electron chi connectivity index (χ0n) is 13.9. The van der Waals surface area contributed by atoms with E-state index in [4.69, 9.17) is 4.42 Å². The van der Waals surface area contributed by atoms with E-state index in [0.29, 0.717) is 19.5 Å². The van der Waals surface area contributed by atoms with Gasteiger partial charge in [0.2, 0.25) is 5.91 Å². The summed E-state index contributed by atoms with van der Waals surface area (Å²) in [6.45, 7) is 4.91. The number of aromatic nitrogens is 1. The van der Waals surface area contributed by atoms with Crippen LogP contribution in [-0.2, 0) is 11.3 Å². The molecule has 0 saturated carbocycles. The predicted molar refractivity (Wildman–Crippen MR) is 93.2 cm³/mol. The van der Waals surface area contributed by atoms with E-state index in [9.17, 15) is 9.59 Å². The standard InChI is InChI=1S/C17H23N3O3S/c1-13-12-24-17(22)20(13)9-6-16(21)18-11-14(15-5-4-10-23-15)19-7-2-3-8-19/h4-5,10,12,14H,2-3,6-9,11H2,1H3,(H,18,21). The predicted octanol–water partition coefficient (Wildman–Crippen LogP) is 2.15. The van der Waals surface area contributed by atoms with Crippen LogP contribution in [0.15, 0.2) is 33.0 Å². The summed E-state index contributed by atoms with van der Waals surface area (Å²) in [4.78, 5) is 26.2. The van der Waals surface area contributed by atoms with E-state index in [0.717, 1.165) is 24.5 Å². The summed E-state index contributed by atoms with van der Waals surface area (Å²) >= 11 is 1.17. The summed E-state index contributed by atoms with van der Waals surface area (Å²) in [6.07, 6.45) is 4.35. The van der Waals surface area contributed by atoms with E-state index in [1.165, 1.54) is 24.2 Å². The molecule has 1 aliphatic rings.